The lowest BCUT2D eigenvalue weighted by Gasteiger charge is -2.37. The first-order chi connectivity index (χ1) is 7.81. The first-order valence-electron chi connectivity index (χ1n) is 6.52. The standard InChI is InChI=1S/C13H21N3/c1-16-9-10(7-15-16)6-11-2-3-12(11)8-14-13-4-5-13/h7,9,11-14H,2-6,8H2,1H3. The SMILES string of the molecule is Cn1cc(CC2CCC2CNC2CC2)cn1. The van der Waals surface area contributed by atoms with Crippen molar-refractivity contribution in [1.82, 2.24) is 15.1 Å². The third-order valence-corrected chi connectivity index (χ3v) is 4.08. The molecule has 1 aromatic rings. The van der Waals surface area contributed by atoms with E-state index in [2.05, 4.69) is 16.6 Å². The molecule has 1 heterocycles. The molecule has 0 bridgehead atoms. The van der Waals surface area contributed by atoms with Crippen molar-refractivity contribution in [2.24, 2.45) is 18.9 Å². The van der Waals surface area contributed by atoms with Crippen LogP contribution in [0.4, 0.5) is 0 Å². The Balaban J connectivity index is 1.47. The lowest BCUT2D eigenvalue weighted by Crippen LogP contribution is -2.37. The summed E-state index contributed by atoms with van der Waals surface area (Å²) in [6, 6.07) is 0.861. The smallest absolute Gasteiger partial charge is 0.0521 e. The fourth-order valence-corrected chi connectivity index (χ4v) is 2.66. The molecule has 88 valence electrons. The average molecular weight is 219 g/mol. The van der Waals surface area contributed by atoms with Crippen LogP contribution in [0.3, 0.4) is 0 Å². The van der Waals surface area contributed by atoms with Crippen molar-refractivity contribution in [2.75, 3.05) is 6.54 Å². The van der Waals surface area contributed by atoms with E-state index in [9.17, 15) is 0 Å². The van der Waals surface area contributed by atoms with Crippen molar-refractivity contribution >= 4 is 0 Å². The maximum Gasteiger partial charge on any atom is 0.0521 e. The van der Waals surface area contributed by atoms with Gasteiger partial charge in [-0.25, -0.2) is 0 Å². The first kappa shape index (κ1) is 10.3. The Morgan fingerprint density at radius 2 is 2.12 bits per heavy atom. The maximum atomic E-state index is 4.24. The molecule has 2 saturated carbocycles. The summed E-state index contributed by atoms with van der Waals surface area (Å²) in [6.45, 7) is 1.25. The summed E-state index contributed by atoms with van der Waals surface area (Å²) in [4.78, 5) is 0. The summed E-state index contributed by atoms with van der Waals surface area (Å²) in [7, 11) is 2.00. The van der Waals surface area contributed by atoms with Gasteiger partial charge in [0.15, 0.2) is 0 Å². The molecule has 0 aliphatic heterocycles. The molecule has 3 nitrogen and oxygen atoms in total. The highest BCUT2D eigenvalue weighted by Crippen LogP contribution is 2.36. The molecule has 1 N–H and O–H groups in total. The topological polar surface area (TPSA) is 29.9 Å². The Morgan fingerprint density at radius 3 is 2.69 bits per heavy atom. The van der Waals surface area contributed by atoms with Gasteiger partial charge in [-0.3, -0.25) is 4.68 Å². The van der Waals surface area contributed by atoms with Gasteiger partial charge in [-0.2, -0.15) is 5.10 Å². The van der Waals surface area contributed by atoms with Gasteiger partial charge in [-0.1, -0.05) is 0 Å². The summed E-state index contributed by atoms with van der Waals surface area (Å²) in [5, 5.41) is 7.90. The van der Waals surface area contributed by atoms with E-state index in [-0.39, 0.29) is 0 Å². The lowest BCUT2D eigenvalue weighted by molar-refractivity contribution is 0.170. The molecule has 2 unspecified atom stereocenters. The second-order valence-electron chi connectivity index (χ2n) is 5.51. The maximum absolute atomic E-state index is 4.24. The van der Waals surface area contributed by atoms with E-state index in [1.54, 1.807) is 0 Å². The zero-order chi connectivity index (χ0) is 11.0. The van der Waals surface area contributed by atoms with Crippen LogP contribution in [-0.2, 0) is 13.5 Å². The van der Waals surface area contributed by atoms with Crippen molar-refractivity contribution in [1.29, 1.82) is 0 Å². The highest BCUT2D eigenvalue weighted by molar-refractivity contribution is 5.06. The predicted octanol–water partition coefficient (Wildman–Crippen LogP) is 1.74. The van der Waals surface area contributed by atoms with Crippen molar-refractivity contribution in [3.8, 4) is 0 Å². The molecular weight excluding hydrogens is 198 g/mol. The number of hydrogen-bond donors (Lipinski definition) is 1. The summed E-state index contributed by atoms with van der Waals surface area (Å²) in [6.07, 6.45) is 11.0. The lowest BCUT2D eigenvalue weighted by atomic mass is 9.71. The van der Waals surface area contributed by atoms with E-state index >= 15 is 0 Å². The van der Waals surface area contributed by atoms with E-state index in [1.165, 1.54) is 44.2 Å². The molecule has 0 radical (unpaired) electrons. The minimum Gasteiger partial charge on any atom is -0.314 e. The van der Waals surface area contributed by atoms with Gasteiger partial charge in [0.05, 0.1) is 6.20 Å². The van der Waals surface area contributed by atoms with E-state index in [0.29, 0.717) is 0 Å². The van der Waals surface area contributed by atoms with Crippen LogP contribution >= 0.6 is 0 Å². The largest absolute Gasteiger partial charge is 0.314 e. The van der Waals surface area contributed by atoms with Crippen LogP contribution < -0.4 is 5.32 Å². The summed E-state index contributed by atoms with van der Waals surface area (Å²) >= 11 is 0. The second kappa shape index (κ2) is 4.21. The van der Waals surface area contributed by atoms with Crippen molar-refractivity contribution in [3.63, 3.8) is 0 Å². The second-order valence-corrected chi connectivity index (χ2v) is 5.51. The summed E-state index contributed by atoms with van der Waals surface area (Å²) in [5.41, 5.74) is 1.41. The third-order valence-electron chi connectivity index (χ3n) is 4.08. The summed E-state index contributed by atoms with van der Waals surface area (Å²) < 4.78 is 1.91. The predicted molar refractivity (Wildman–Crippen MR) is 64.2 cm³/mol. The molecular formula is C13H21N3. The van der Waals surface area contributed by atoms with E-state index in [4.69, 9.17) is 0 Å². The van der Waals surface area contributed by atoms with Crippen molar-refractivity contribution in [2.45, 2.75) is 38.1 Å². The molecule has 16 heavy (non-hydrogen) atoms. The molecule has 2 fully saturated rings. The fraction of sp³-hybridized carbons (Fsp3) is 0.769. The zero-order valence-electron chi connectivity index (χ0n) is 10.0. The summed E-state index contributed by atoms with van der Waals surface area (Å²) in [5.74, 6) is 1.82. The molecule has 1 aromatic heterocycles. The van der Waals surface area contributed by atoms with Crippen molar-refractivity contribution in [3.05, 3.63) is 18.0 Å². The van der Waals surface area contributed by atoms with E-state index in [1.807, 2.05) is 17.9 Å². The van der Waals surface area contributed by atoms with Crippen LogP contribution in [0, 0.1) is 11.8 Å². The number of nitrogens with one attached hydrogen (secondary N) is 1. The molecule has 3 heteroatoms. The normalized spacial score (nSPS) is 29.1. The average Bonchev–Trinajstić information content (AvgIpc) is 2.97. The van der Waals surface area contributed by atoms with Crippen LogP contribution in [0.25, 0.3) is 0 Å². The van der Waals surface area contributed by atoms with Crippen LogP contribution in [0.1, 0.15) is 31.2 Å². The minimum absolute atomic E-state index is 0.861. The highest BCUT2D eigenvalue weighted by atomic mass is 15.2. The van der Waals surface area contributed by atoms with Gasteiger partial charge in [0, 0.05) is 19.3 Å². The van der Waals surface area contributed by atoms with Gasteiger partial charge in [0.1, 0.15) is 0 Å². The van der Waals surface area contributed by atoms with Gasteiger partial charge < -0.3 is 5.32 Å². The Kier molecular flexibility index (Phi) is 2.72. The molecule has 3 rings (SSSR count). The van der Waals surface area contributed by atoms with Gasteiger partial charge in [-0.05, 0) is 56.0 Å². The molecule has 0 saturated heterocycles. The first-order valence-corrected chi connectivity index (χ1v) is 6.52. The Morgan fingerprint density at radius 1 is 1.31 bits per heavy atom. The zero-order valence-corrected chi connectivity index (χ0v) is 10.0. The monoisotopic (exact) mass is 219 g/mol. The van der Waals surface area contributed by atoms with E-state index in [0.717, 1.165) is 17.9 Å². The minimum atomic E-state index is 0.861. The quantitative estimate of drug-likeness (QED) is 0.817. The highest BCUT2D eigenvalue weighted by Gasteiger charge is 2.32. The van der Waals surface area contributed by atoms with Gasteiger partial charge >= 0.3 is 0 Å². The number of rotatable bonds is 5. The number of nitrogens with zero attached hydrogens (tertiary/aromatic N) is 2. The fourth-order valence-electron chi connectivity index (χ4n) is 2.66. The van der Waals surface area contributed by atoms with Gasteiger partial charge in [0.2, 0.25) is 0 Å². The molecule has 2 atom stereocenters. The number of aromatic nitrogens is 2. The van der Waals surface area contributed by atoms with Gasteiger partial charge in [-0.15, -0.1) is 0 Å². The third kappa shape index (κ3) is 2.29. The molecule has 0 amide bonds. The Labute approximate surface area is 97.2 Å². The molecule has 2 aliphatic rings. The van der Waals surface area contributed by atoms with E-state index < -0.39 is 0 Å². The molecule has 0 spiro atoms. The molecule has 2 aliphatic carbocycles. The number of hydrogen-bond acceptors (Lipinski definition) is 2. The van der Waals surface area contributed by atoms with Crippen LogP contribution in [0.15, 0.2) is 12.4 Å². The van der Waals surface area contributed by atoms with Crippen LogP contribution in [0.5, 0.6) is 0 Å². The Bertz CT molecular complexity index is 354. The van der Waals surface area contributed by atoms with Gasteiger partial charge in [0.25, 0.3) is 0 Å². The molecule has 0 aromatic carbocycles. The number of aryl methyl sites for hydroxylation is 1. The van der Waals surface area contributed by atoms with Crippen molar-refractivity contribution < 1.29 is 0 Å². The Hall–Kier alpha value is -0.830. The van der Waals surface area contributed by atoms with Crippen LogP contribution in [0.2, 0.25) is 0 Å². The van der Waals surface area contributed by atoms with Crippen LogP contribution in [-0.4, -0.2) is 22.4 Å².